The minimum atomic E-state index is -1.63. The number of nitro benzene ring substituents is 4. The highest BCUT2D eigenvalue weighted by molar-refractivity contribution is 6.19. The highest BCUT2D eigenvalue weighted by Gasteiger charge is 2.37. The number of nitro groups is 4. The second-order valence-corrected chi connectivity index (χ2v) is 4.98. The van der Waals surface area contributed by atoms with Crippen LogP contribution in [0.4, 0.5) is 28.4 Å². The molecule has 0 heterocycles. The molecule has 2 aromatic rings. The molecular formula is C13H5N5O10. The van der Waals surface area contributed by atoms with E-state index in [1.807, 2.05) is 0 Å². The zero-order valence-electron chi connectivity index (χ0n) is 13.2. The molecule has 0 fully saturated rings. The molecule has 2 aromatic carbocycles. The average Bonchev–Trinajstić information content (AvgIpc) is 2.65. The van der Waals surface area contributed by atoms with Crippen LogP contribution in [-0.2, 0) is 0 Å². The van der Waals surface area contributed by atoms with Crippen LogP contribution >= 0.6 is 0 Å². The third-order valence-corrected chi connectivity index (χ3v) is 3.46. The first-order valence-corrected chi connectivity index (χ1v) is 6.86. The molecule has 0 atom stereocenters. The van der Waals surface area contributed by atoms with Gasteiger partial charge in [0.2, 0.25) is 5.78 Å². The summed E-state index contributed by atoms with van der Waals surface area (Å²) in [5.41, 5.74) is -7.68. The molecule has 0 N–H and O–H groups in total. The molecule has 2 rings (SSSR count). The Morgan fingerprint density at radius 1 is 0.750 bits per heavy atom. The van der Waals surface area contributed by atoms with Gasteiger partial charge in [0.15, 0.2) is 5.56 Å². The van der Waals surface area contributed by atoms with Crippen molar-refractivity contribution in [1.29, 1.82) is 0 Å². The van der Waals surface area contributed by atoms with Crippen LogP contribution in [0.25, 0.3) is 0 Å². The van der Waals surface area contributed by atoms with E-state index in [4.69, 9.17) is 0 Å². The summed E-state index contributed by atoms with van der Waals surface area (Å²) < 4.78 is 0. The van der Waals surface area contributed by atoms with Gasteiger partial charge in [-0.1, -0.05) is 0 Å². The molecule has 0 spiro atoms. The van der Waals surface area contributed by atoms with E-state index < -0.39 is 65.0 Å². The van der Waals surface area contributed by atoms with Crippen LogP contribution < -0.4 is 0 Å². The smallest absolute Gasteiger partial charge is 0.288 e. The van der Waals surface area contributed by atoms with E-state index >= 15 is 0 Å². The summed E-state index contributed by atoms with van der Waals surface area (Å²) >= 11 is 0. The minimum Gasteiger partial charge on any atom is -0.288 e. The van der Waals surface area contributed by atoms with Crippen LogP contribution in [0.5, 0.6) is 0 Å². The fourth-order valence-corrected chi connectivity index (χ4v) is 2.34. The Hall–Kier alpha value is -4.69. The number of non-ortho nitro benzene ring substituents is 1. The van der Waals surface area contributed by atoms with E-state index in [-0.39, 0.29) is 0 Å². The van der Waals surface area contributed by atoms with Crippen LogP contribution in [0.1, 0.15) is 15.9 Å². The van der Waals surface area contributed by atoms with Crippen LogP contribution in [0.15, 0.2) is 35.5 Å². The van der Waals surface area contributed by atoms with Gasteiger partial charge in [-0.15, -0.1) is 4.91 Å². The Kier molecular flexibility index (Phi) is 5.10. The highest BCUT2D eigenvalue weighted by atomic mass is 16.6. The molecular weight excluding hydrogens is 386 g/mol. The molecule has 0 saturated carbocycles. The predicted octanol–water partition coefficient (Wildman–Crippen LogP) is 2.95. The third kappa shape index (κ3) is 3.34. The number of hydrogen-bond acceptors (Lipinski definition) is 11. The van der Waals surface area contributed by atoms with Gasteiger partial charge in [0.25, 0.3) is 22.7 Å². The molecule has 0 aliphatic carbocycles. The first-order valence-electron chi connectivity index (χ1n) is 6.86. The molecule has 0 unspecified atom stereocenters. The standard InChI is InChI=1S/C13H5N5O10/c19-13(12-8(16(23)24)2-1-3-9(12)17(25)26)11-7(14-20)4-6(15(21)22)5-10(11)18(27)28/h1-5H. The Morgan fingerprint density at radius 3 is 1.64 bits per heavy atom. The highest BCUT2D eigenvalue weighted by Crippen LogP contribution is 2.39. The largest absolute Gasteiger partial charge is 0.289 e. The van der Waals surface area contributed by atoms with Crippen LogP contribution in [-0.4, -0.2) is 25.5 Å². The van der Waals surface area contributed by atoms with Gasteiger partial charge in [-0.3, -0.25) is 45.3 Å². The molecule has 15 nitrogen and oxygen atoms in total. The van der Waals surface area contributed by atoms with E-state index in [1.165, 1.54) is 0 Å². The second kappa shape index (κ2) is 7.28. The topological polar surface area (TPSA) is 219 Å². The Balaban J connectivity index is 2.94. The monoisotopic (exact) mass is 391 g/mol. The first kappa shape index (κ1) is 19.6. The first-order chi connectivity index (χ1) is 13.1. The number of ketones is 1. The van der Waals surface area contributed by atoms with Gasteiger partial charge >= 0.3 is 0 Å². The van der Waals surface area contributed by atoms with Crippen molar-refractivity contribution in [2.24, 2.45) is 5.18 Å². The molecule has 0 aliphatic rings. The molecule has 142 valence electrons. The van der Waals surface area contributed by atoms with E-state index in [2.05, 4.69) is 5.18 Å². The van der Waals surface area contributed by atoms with Crippen molar-refractivity contribution in [3.63, 3.8) is 0 Å². The van der Waals surface area contributed by atoms with Gasteiger partial charge in [0.1, 0.15) is 11.3 Å². The zero-order valence-corrected chi connectivity index (χ0v) is 13.2. The summed E-state index contributed by atoms with van der Waals surface area (Å²) in [5, 5.41) is 46.8. The van der Waals surface area contributed by atoms with Crippen molar-refractivity contribution in [1.82, 2.24) is 0 Å². The summed E-state index contributed by atoms with van der Waals surface area (Å²) in [5.74, 6) is -1.63. The average molecular weight is 391 g/mol. The van der Waals surface area contributed by atoms with E-state index in [1.54, 1.807) is 0 Å². The number of hydrogen-bond donors (Lipinski definition) is 0. The third-order valence-electron chi connectivity index (χ3n) is 3.46. The molecule has 0 amide bonds. The molecule has 0 radical (unpaired) electrons. The zero-order chi connectivity index (χ0) is 21.2. The molecule has 0 saturated heterocycles. The van der Waals surface area contributed by atoms with E-state index in [9.17, 15) is 50.2 Å². The maximum atomic E-state index is 12.8. The molecule has 0 bridgehead atoms. The van der Waals surface area contributed by atoms with Crippen LogP contribution in [0.2, 0.25) is 0 Å². The summed E-state index contributed by atoms with van der Waals surface area (Å²) in [7, 11) is 0. The predicted molar refractivity (Wildman–Crippen MR) is 88.4 cm³/mol. The summed E-state index contributed by atoms with van der Waals surface area (Å²) in [4.78, 5) is 63.7. The number of carbonyl (C=O) groups is 1. The second-order valence-electron chi connectivity index (χ2n) is 4.98. The lowest BCUT2D eigenvalue weighted by Gasteiger charge is -2.06. The maximum absolute atomic E-state index is 12.8. The number of benzene rings is 2. The van der Waals surface area contributed by atoms with Gasteiger partial charge in [0, 0.05) is 18.2 Å². The summed E-state index contributed by atoms with van der Waals surface area (Å²) in [6.07, 6.45) is 0. The number of nitroso groups, excluding NO2 is 1. The fourth-order valence-electron chi connectivity index (χ4n) is 2.34. The lowest BCUT2D eigenvalue weighted by molar-refractivity contribution is -0.394. The van der Waals surface area contributed by atoms with Crippen molar-refractivity contribution in [3.05, 3.63) is 86.8 Å². The lowest BCUT2D eigenvalue weighted by Crippen LogP contribution is -2.11. The quantitative estimate of drug-likeness (QED) is 0.290. The number of carbonyl (C=O) groups excluding carboxylic acids is 1. The Labute approximate surface area is 151 Å². The Morgan fingerprint density at radius 2 is 1.25 bits per heavy atom. The minimum absolute atomic E-state index is 0.336. The Bertz CT molecular complexity index is 1050. The summed E-state index contributed by atoms with van der Waals surface area (Å²) in [6, 6.07) is 3.17. The fraction of sp³-hybridized carbons (Fsp3) is 0. The molecule has 0 aliphatic heterocycles. The maximum Gasteiger partial charge on any atom is 0.289 e. The van der Waals surface area contributed by atoms with Crippen molar-refractivity contribution in [2.75, 3.05) is 0 Å². The van der Waals surface area contributed by atoms with Gasteiger partial charge in [-0.25, -0.2) is 0 Å². The van der Waals surface area contributed by atoms with Crippen molar-refractivity contribution < 1.29 is 24.5 Å². The number of nitrogens with zero attached hydrogens (tertiary/aromatic N) is 5. The molecule has 0 aromatic heterocycles. The van der Waals surface area contributed by atoms with Crippen molar-refractivity contribution in [2.45, 2.75) is 0 Å². The van der Waals surface area contributed by atoms with E-state index in [0.717, 1.165) is 18.2 Å². The summed E-state index contributed by atoms with van der Waals surface area (Å²) in [6.45, 7) is 0. The lowest BCUT2D eigenvalue weighted by atomic mass is 9.96. The number of rotatable bonds is 7. The van der Waals surface area contributed by atoms with Crippen molar-refractivity contribution in [3.8, 4) is 0 Å². The molecule has 28 heavy (non-hydrogen) atoms. The van der Waals surface area contributed by atoms with Crippen LogP contribution in [0, 0.1) is 45.4 Å². The normalized spacial score (nSPS) is 10.1. The van der Waals surface area contributed by atoms with Gasteiger partial charge < -0.3 is 0 Å². The van der Waals surface area contributed by atoms with Crippen molar-refractivity contribution >= 4 is 34.2 Å². The van der Waals surface area contributed by atoms with Gasteiger partial charge in [0.05, 0.1) is 25.8 Å². The van der Waals surface area contributed by atoms with E-state index in [0.29, 0.717) is 12.1 Å². The SMILES string of the molecule is O=Nc1cc([N+](=O)[O-])cc([N+](=O)[O-])c1C(=O)c1c([N+](=O)[O-])cccc1[N+](=O)[O-]. The molecule has 15 heteroatoms. The van der Waals surface area contributed by atoms with Crippen LogP contribution in [0.3, 0.4) is 0 Å². The van der Waals surface area contributed by atoms with Gasteiger partial charge in [-0.2, -0.15) is 0 Å². The van der Waals surface area contributed by atoms with Gasteiger partial charge in [-0.05, 0) is 11.2 Å².